The van der Waals surface area contributed by atoms with Crippen molar-refractivity contribution in [2.45, 2.75) is 33.2 Å². The molecular formula is C20H33IN4O3. The van der Waals surface area contributed by atoms with E-state index in [1.807, 2.05) is 32.2 Å². The van der Waals surface area contributed by atoms with Gasteiger partial charge in [0.25, 0.3) is 5.91 Å². The summed E-state index contributed by atoms with van der Waals surface area (Å²) in [5, 5.41) is 6.13. The Balaban J connectivity index is 0.00000392. The number of methoxy groups -OCH3 is 1. The molecule has 0 saturated carbocycles. The van der Waals surface area contributed by atoms with Gasteiger partial charge in [0, 0.05) is 33.2 Å². The number of amides is 1. The van der Waals surface area contributed by atoms with Gasteiger partial charge in [0.2, 0.25) is 0 Å². The highest BCUT2D eigenvalue weighted by atomic mass is 127. The number of halogens is 1. The Morgan fingerprint density at radius 1 is 1.32 bits per heavy atom. The maximum Gasteiger partial charge on any atom is 0.257 e. The maximum atomic E-state index is 11.6. The Morgan fingerprint density at radius 3 is 2.75 bits per heavy atom. The zero-order valence-corrected chi connectivity index (χ0v) is 19.6. The Labute approximate surface area is 185 Å². The quantitative estimate of drug-likeness (QED) is 0.340. The molecule has 1 aliphatic rings. The van der Waals surface area contributed by atoms with Crippen LogP contribution in [-0.2, 0) is 11.3 Å². The average Bonchev–Trinajstić information content (AvgIpc) is 2.67. The highest BCUT2D eigenvalue weighted by Gasteiger charge is 2.19. The molecule has 1 saturated heterocycles. The molecule has 158 valence electrons. The highest BCUT2D eigenvalue weighted by molar-refractivity contribution is 14.0. The van der Waals surface area contributed by atoms with Crippen LogP contribution in [0.15, 0.2) is 23.2 Å². The lowest BCUT2D eigenvalue weighted by atomic mass is 10.0. The summed E-state index contributed by atoms with van der Waals surface area (Å²) in [6.07, 6.45) is 2.48. The molecule has 7 nitrogen and oxygen atoms in total. The first-order valence-electron chi connectivity index (χ1n) is 9.59. The molecule has 1 amide bonds. The van der Waals surface area contributed by atoms with Crippen LogP contribution in [0.4, 0.5) is 0 Å². The Bertz CT molecular complexity index is 654. The van der Waals surface area contributed by atoms with Crippen molar-refractivity contribution in [1.82, 2.24) is 15.5 Å². The summed E-state index contributed by atoms with van der Waals surface area (Å²) in [6, 6.07) is 5.72. The van der Waals surface area contributed by atoms with Crippen molar-refractivity contribution >= 4 is 35.8 Å². The van der Waals surface area contributed by atoms with Gasteiger partial charge >= 0.3 is 0 Å². The number of likely N-dealkylation sites (N-methyl/N-ethyl adjacent to an activating group) is 1. The van der Waals surface area contributed by atoms with E-state index < -0.39 is 0 Å². The van der Waals surface area contributed by atoms with Gasteiger partial charge in [-0.3, -0.25) is 9.79 Å². The van der Waals surface area contributed by atoms with E-state index in [-0.39, 0.29) is 36.5 Å². The van der Waals surface area contributed by atoms with Gasteiger partial charge in [-0.2, -0.15) is 0 Å². The zero-order valence-electron chi connectivity index (χ0n) is 17.3. The third-order valence-corrected chi connectivity index (χ3v) is 4.58. The summed E-state index contributed by atoms with van der Waals surface area (Å²) >= 11 is 0. The van der Waals surface area contributed by atoms with Crippen molar-refractivity contribution in [2.24, 2.45) is 10.9 Å². The Hall–Kier alpha value is -1.71. The van der Waals surface area contributed by atoms with Crippen LogP contribution in [0, 0.1) is 5.92 Å². The van der Waals surface area contributed by atoms with Crippen LogP contribution < -0.4 is 20.1 Å². The zero-order chi connectivity index (χ0) is 19.6. The largest absolute Gasteiger partial charge is 0.493 e. The second-order valence-corrected chi connectivity index (χ2v) is 6.82. The molecule has 0 spiro atoms. The summed E-state index contributed by atoms with van der Waals surface area (Å²) in [5.74, 6) is 2.64. The standard InChI is InChI=1S/C20H32N4O3.HI/c1-5-22-19(25)14-27-17-9-8-16(11-18(17)26-4)12-23-20(21-3)24-10-6-7-15(2)13-24;/h8-9,11,15H,5-7,10,12-14H2,1-4H3,(H,21,23)(H,22,25);1H. The third-order valence-electron chi connectivity index (χ3n) is 4.58. The van der Waals surface area contributed by atoms with Gasteiger partial charge in [-0.25, -0.2) is 0 Å². The first-order valence-corrected chi connectivity index (χ1v) is 9.59. The van der Waals surface area contributed by atoms with Gasteiger partial charge in [0.15, 0.2) is 24.1 Å². The van der Waals surface area contributed by atoms with E-state index in [0.29, 0.717) is 30.5 Å². The van der Waals surface area contributed by atoms with Gasteiger partial charge < -0.3 is 25.0 Å². The molecule has 1 fully saturated rings. The van der Waals surface area contributed by atoms with Gasteiger partial charge in [-0.15, -0.1) is 24.0 Å². The van der Waals surface area contributed by atoms with Crippen molar-refractivity contribution < 1.29 is 14.3 Å². The second-order valence-electron chi connectivity index (χ2n) is 6.82. The molecular weight excluding hydrogens is 471 g/mol. The Kier molecular flexibility index (Phi) is 11.0. The number of nitrogens with zero attached hydrogens (tertiary/aromatic N) is 2. The van der Waals surface area contributed by atoms with Crippen LogP contribution in [-0.4, -0.2) is 57.2 Å². The van der Waals surface area contributed by atoms with Gasteiger partial charge in [-0.05, 0) is 43.4 Å². The lowest BCUT2D eigenvalue weighted by Gasteiger charge is -2.33. The van der Waals surface area contributed by atoms with E-state index in [9.17, 15) is 4.79 Å². The minimum absolute atomic E-state index is 0. The topological polar surface area (TPSA) is 75.2 Å². The first kappa shape index (κ1) is 24.3. The van der Waals surface area contributed by atoms with E-state index in [0.717, 1.165) is 24.6 Å². The average molecular weight is 504 g/mol. The summed E-state index contributed by atoms with van der Waals surface area (Å²) in [7, 11) is 3.42. The lowest BCUT2D eigenvalue weighted by Crippen LogP contribution is -2.45. The van der Waals surface area contributed by atoms with Gasteiger partial charge in [0.1, 0.15) is 0 Å². The smallest absolute Gasteiger partial charge is 0.257 e. The molecule has 28 heavy (non-hydrogen) atoms. The number of carbonyl (C=O) groups is 1. The van der Waals surface area contributed by atoms with Crippen LogP contribution in [0.2, 0.25) is 0 Å². The predicted molar refractivity (Wildman–Crippen MR) is 123 cm³/mol. The number of likely N-dealkylation sites (tertiary alicyclic amines) is 1. The normalized spacial score (nSPS) is 16.8. The van der Waals surface area contributed by atoms with Crippen molar-refractivity contribution in [2.75, 3.05) is 40.4 Å². The fourth-order valence-electron chi connectivity index (χ4n) is 3.23. The molecule has 1 unspecified atom stereocenters. The lowest BCUT2D eigenvalue weighted by molar-refractivity contribution is -0.123. The van der Waals surface area contributed by atoms with Crippen LogP contribution in [0.5, 0.6) is 11.5 Å². The predicted octanol–water partition coefficient (Wildman–Crippen LogP) is 2.64. The van der Waals surface area contributed by atoms with Gasteiger partial charge in [0.05, 0.1) is 7.11 Å². The molecule has 0 bridgehead atoms. The number of aliphatic imine (C=N–C) groups is 1. The minimum atomic E-state index is -0.148. The minimum Gasteiger partial charge on any atom is -0.493 e. The van der Waals surface area contributed by atoms with Crippen molar-refractivity contribution in [3.63, 3.8) is 0 Å². The number of guanidine groups is 1. The molecule has 1 aromatic rings. The fourth-order valence-corrected chi connectivity index (χ4v) is 3.23. The van der Waals surface area contributed by atoms with Crippen LogP contribution in [0.1, 0.15) is 32.3 Å². The van der Waals surface area contributed by atoms with Gasteiger partial charge in [-0.1, -0.05) is 13.0 Å². The monoisotopic (exact) mass is 504 g/mol. The van der Waals surface area contributed by atoms with Crippen LogP contribution >= 0.6 is 24.0 Å². The SMILES string of the molecule is CCNC(=O)COc1ccc(CNC(=NC)N2CCCC(C)C2)cc1OC.I. The number of nitrogens with one attached hydrogen (secondary N) is 2. The molecule has 2 N–H and O–H groups in total. The summed E-state index contributed by atoms with van der Waals surface area (Å²) in [6.45, 7) is 7.44. The molecule has 2 rings (SSSR count). The molecule has 1 heterocycles. The molecule has 1 aliphatic heterocycles. The van der Waals surface area contributed by atoms with Crippen molar-refractivity contribution in [3.8, 4) is 11.5 Å². The van der Waals surface area contributed by atoms with E-state index in [1.54, 1.807) is 7.11 Å². The van der Waals surface area contributed by atoms with Crippen LogP contribution in [0.3, 0.4) is 0 Å². The number of benzene rings is 1. The molecule has 0 radical (unpaired) electrons. The summed E-state index contributed by atoms with van der Waals surface area (Å²) in [5.41, 5.74) is 1.06. The van der Waals surface area contributed by atoms with Crippen molar-refractivity contribution in [1.29, 1.82) is 0 Å². The highest BCUT2D eigenvalue weighted by Crippen LogP contribution is 2.28. The fraction of sp³-hybridized carbons (Fsp3) is 0.600. The molecule has 1 atom stereocenters. The molecule has 0 aliphatic carbocycles. The number of hydrogen-bond donors (Lipinski definition) is 2. The van der Waals surface area contributed by atoms with E-state index >= 15 is 0 Å². The third kappa shape index (κ3) is 7.37. The number of hydrogen-bond acceptors (Lipinski definition) is 4. The van der Waals surface area contributed by atoms with E-state index in [2.05, 4.69) is 27.4 Å². The number of rotatable bonds is 7. The molecule has 8 heteroatoms. The Morgan fingerprint density at radius 2 is 2.11 bits per heavy atom. The summed E-state index contributed by atoms with van der Waals surface area (Å²) < 4.78 is 11.0. The summed E-state index contributed by atoms with van der Waals surface area (Å²) in [4.78, 5) is 18.3. The first-order chi connectivity index (χ1) is 13.1. The van der Waals surface area contributed by atoms with Crippen molar-refractivity contribution in [3.05, 3.63) is 23.8 Å². The number of ether oxygens (including phenoxy) is 2. The molecule has 1 aromatic carbocycles. The van der Waals surface area contributed by atoms with Crippen LogP contribution in [0.25, 0.3) is 0 Å². The maximum absolute atomic E-state index is 11.6. The number of piperidine rings is 1. The molecule has 0 aromatic heterocycles. The van der Waals surface area contributed by atoms with E-state index in [1.165, 1.54) is 12.8 Å². The van der Waals surface area contributed by atoms with E-state index in [4.69, 9.17) is 9.47 Å². The second kappa shape index (κ2) is 12.7. The number of carbonyl (C=O) groups excluding carboxylic acids is 1.